The van der Waals surface area contributed by atoms with E-state index in [1.165, 1.54) is 0 Å². The maximum Gasteiger partial charge on any atom is 0.177 e. The molecule has 1 heterocycles. The molecule has 15 heavy (non-hydrogen) atoms. The van der Waals surface area contributed by atoms with Crippen LogP contribution in [0.4, 0.5) is 0 Å². The van der Waals surface area contributed by atoms with Crippen LogP contribution >= 0.6 is 0 Å². The fourth-order valence-electron chi connectivity index (χ4n) is 1.17. The number of unbranched alkanes of at least 4 members (excludes halogenated alkanes) is 1. The fraction of sp³-hybridized carbons (Fsp3) is 0.400. The smallest absolute Gasteiger partial charge is 0.177 e. The number of carbonyl (C=O) groups excluding carboxylic acids is 1. The van der Waals surface area contributed by atoms with Gasteiger partial charge in [-0.1, -0.05) is 0 Å². The van der Waals surface area contributed by atoms with Crippen LogP contribution in [-0.4, -0.2) is 12.3 Å². The van der Waals surface area contributed by atoms with E-state index in [1.54, 1.807) is 12.4 Å². The van der Waals surface area contributed by atoms with Crippen LogP contribution in [-0.2, 0) is 0 Å². The highest BCUT2D eigenvalue weighted by atomic mass is 35.5. The second kappa shape index (κ2) is 9.90. The first-order valence-corrected chi connectivity index (χ1v) is 4.63. The summed E-state index contributed by atoms with van der Waals surface area (Å²) < 4.78 is 0. The van der Waals surface area contributed by atoms with Crippen molar-refractivity contribution >= 4 is 5.78 Å². The SMILES string of the molecule is [Cl-].[Cl-].[NH3+]CCCCC(=O)c1ccc[nH+]c1. The highest BCUT2D eigenvalue weighted by Crippen LogP contribution is 2.03. The Morgan fingerprint density at radius 1 is 1.33 bits per heavy atom. The largest absolute Gasteiger partial charge is 1.00 e. The molecule has 0 aliphatic carbocycles. The van der Waals surface area contributed by atoms with E-state index in [0.717, 1.165) is 24.9 Å². The van der Waals surface area contributed by atoms with Crippen molar-refractivity contribution in [2.45, 2.75) is 19.3 Å². The Hall–Kier alpha value is -0.640. The minimum atomic E-state index is 0. The van der Waals surface area contributed by atoms with Crippen molar-refractivity contribution in [2.75, 3.05) is 6.54 Å². The van der Waals surface area contributed by atoms with Crippen LogP contribution in [0.2, 0.25) is 0 Å². The third kappa shape index (κ3) is 6.44. The van der Waals surface area contributed by atoms with Crippen LogP contribution in [0.15, 0.2) is 24.5 Å². The van der Waals surface area contributed by atoms with E-state index in [0.29, 0.717) is 6.42 Å². The third-order valence-electron chi connectivity index (χ3n) is 1.93. The van der Waals surface area contributed by atoms with Gasteiger partial charge >= 0.3 is 0 Å². The number of quaternary nitrogens is 1. The summed E-state index contributed by atoms with van der Waals surface area (Å²) in [6.07, 6.45) is 6.15. The molecular formula is C10H16Cl2N2O. The van der Waals surface area contributed by atoms with Crippen LogP contribution in [0, 0.1) is 0 Å². The molecule has 0 aromatic carbocycles. The van der Waals surface area contributed by atoms with Gasteiger partial charge in [-0.25, -0.2) is 4.98 Å². The van der Waals surface area contributed by atoms with E-state index in [1.807, 2.05) is 12.1 Å². The standard InChI is InChI=1S/C10H14N2O.2ClH/c11-6-2-1-5-10(13)9-4-3-7-12-8-9;;/h3-4,7-8H,1-2,5-6,11H2;2*1H. The van der Waals surface area contributed by atoms with Crippen molar-refractivity contribution in [1.82, 2.24) is 0 Å². The Morgan fingerprint density at radius 3 is 2.60 bits per heavy atom. The number of ketones is 1. The summed E-state index contributed by atoms with van der Waals surface area (Å²) in [5, 5.41) is 0. The molecule has 0 saturated carbocycles. The monoisotopic (exact) mass is 250 g/mol. The summed E-state index contributed by atoms with van der Waals surface area (Å²) in [4.78, 5) is 14.4. The average Bonchev–Trinajstić information content (AvgIpc) is 2.19. The molecule has 0 aliphatic heterocycles. The van der Waals surface area contributed by atoms with Crippen molar-refractivity contribution in [3.63, 3.8) is 0 Å². The molecule has 4 N–H and O–H groups in total. The van der Waals surface area contributed by atoms with Crippen LogP contribution in [0.3, 0.4) is 0 Å². The molecule has 0 amide bonds. The van der Waals surface area contributed by atoms with E-state index < -0.39 is 0 Å². The van der Waals surface area contributed by atoms with Gasteiger partial charge in [0.2, 0.25) is 0 Å². The lowest BCUT2D eigenvalue weighted by Gasteiger charge is -1.95. The molecule has 1 aromatic heterocycles. The summed E-state index contributed by atoms with van der Waals surface area (Å²) in [6.45, 7) is 0.911. The van der Waals surface area contributed by atoms with E-state index >= 15 is 0 Å². The number of carbonyl (C=O) groups is 1. The zero-order valence-electron chi connectivity index (χ0n) is 8.51. The normalized spacial score (nSPS) is 8.60. The number of pyridine rings is 1. The summed E-state index contributed by atoms with van der Waals surface area (Å²) in [7, 11) is 0. The zero-order valence-corrected chi connectivity index (χ0v) is 10.0. The molecule has 0 fully saturated rings. The van der Waals surface area contributed by atoms with Crippen molar-refractivity contribution in [3.05, 3.63) is 30.1 Å². The molecule has 0 bridgehead atoms. The van der Waals surface area contributed by atoms with Gasteiger partial charge in [-0.2, -0.15) is 0 Å². The van der Waals surface area contributed by atoms with E-state index in [4.69, 9.17) is 0 Å². The van der Waals surface area contributed by atoms with Crippen LogP contribution in [0.5, 0.6) is 0 Å². The maximum atomic E-state index is 11.5. The molecule has 0 spiro atoms. The quantitative estimate of drug-likeness (QED) is 0.411. The molecule has 0 radical (unpaired) electrons. The van der Waals surface area contributed by atoms with Gasteiger partial charge in [-0.3, -0.25) is 4.79 Å². The molecule has 5 heteroatoms. The second-order valence-electron chi connectivity index (χ2n) is 3.03. The van der Waals surface area contributed by atoms with Crippen LogP contribution < -0.4 is 35.5 Å². The molecule has 0 aliphatic rings. The van der Waals surface area contributed by atoms with E-state index in [2.05, 4.69) is 10.7 Å². The first-order valence-electron chi connectivity index (χ1n) is 4.63. The number of halogens is 2. The summed E-state index contributed by atoms with van der Waals surface area (Å²) in [5.41, 5.74) is 4.51. The highest BCUT2D eigenvalue weighted by molar-refractivity contribution is 5.95. The van der Waals surface area contributed by atoms with Gasteiger partial charge in [-0.05, 0) is 18.9 Å². The van der Waals surface area contributed by atoms with Crippen LogP contribution in [0.1, 0.15) is 29.6 Å². The van der Waals surface area contributed by atoms with Gasteiger partial charge in [0, 0.05) is 12.5 Å². The van der Waals surface area contributed by atoms with E-state index in [9.17, 15) is 4.79 Å². The number of hydrogen-bond donors (Lipinski definition) is 1. The van der Waals surface area contributed by atoms with Crippen molar-refractivity contribution in [2.24, 2.45) is 0 Å². The van der Waals surface area contributed by atoms with Crippen molar-refractivity contribution < 1.29 is 40.3 Å². The number of aromatic nitrogens is 1. The zero-order chi connectivity index (χ0) is 9.52. The molecule has 0 unspecified atom stereocenters. The predicted molar refractivity (Wildman–Crippen MR) is 48.9 cm³/mol. The second-order valence-corrected chi connectivity index (χ2v) is 3.03. The number of rotatable bonds is 5. The van der Waals surface area contributed by atoms with Gasteiger partial charge in [0.15, 0.2) is 18.2 Å². The number of Topliss-reactive ketones (excluding diaryl/α,β-unsaturated/α-hetero) is 1. The Kier molecular flexibility index (Phi) is 11.1. The molecule has 0 atom stereocenters. The summed E-state index contributed by atoms with van der Waals surface area (Å²) in [5.74, 6) is 0.213. The van der Waals surface area contributed by atoms with Crippen molar-refractivity contribution in [1.29, 1.82) is 0 Å². The summed E-state index contributed by atoms with van der Waals surface area (Å²) >= 11 is 0. The molecule has 3 nitrogen and oxygen atoms in total. The number of nitrogens with one attached hydrogen (secondary N) is 1. The topological polar surface area (TPSA) is 58.9 Å². The van der Waals surface area contributed by atoms with Crippen LogP contribution in [0.25, 0.3) is 0 Å². The third-order valence-corrected chi connectivity index (χ3v) is 1.93. The predicted octanol–water partition coefficient (Wildman–Crippen LogP) is -5.90. The first kappa shape index (κ1) is 16.8. The Labute approximate surface area is 102 Å². The number of aromatic amines is 1. The molecule has 1 rings (SSSR count). The first-order chi connectivity index (χ1) is 6.34. The fourth-order valence-corrected chi connectivity index (χ4v) is 1.17. The Bertz CT molecular complexity index is 267. The average molecular weight is 251 g/mol. The number of hydrogen-bond acceptors (Lipinski definition) is 1. The van der Waals surface area contributed by atoms with E-state index in [-0.39, 0.29) is 30.6 Å². The number of H-pyrrole nitrogens is 1. The van der Waals surface area contributed by atoms with Gasteiger partial charge in [0.25, 0.3) is 0 Å². The molecule has 0 saturated heterocycles. The Morgan fingerprint density at radius 2 is 2.07 bits per heavy atom. The maximum absolute atomic E-state index is 11.5. The van der Waals surface area contributed by atoms with Gasteiger partial charge in [0.05, 0.1) is 12.1 Å². The Balaban J connectivity index is 0. The molecule has 1 aromatic rings. The lowest BCUT2D eigenvalue weighted by Crippen LogP contribution is -3.00. The molecular weight excluding hydrogens is 235 g/mol. The van der Waals surface area contributed by atoms with Gasteiger partial charge in [0.1, 0.15) is 0 Å². The summed E-state index contributed by atoms with van der Waals surface area (Å²) in [6, 6.07) is 3.68. The highest BCUT2D eigenvalue weighted by Gasteiger charge is 2.06. The lowest BCUT2D eigenvalue weighted by atomic mass is 10.1. The van der Waals surface area contributed by atoms with Crippen molar-refractivity contribution in [3.8, 4) is 0 Å². The van der Waals surface area contributed by atoms with Gasteiger partial charge in [-0.15, -0.1) is 0 Å². The molecule has 86 valence electrons. The minimum absolute atomic E-state index is 0. The lowest BCUT2D eigenvalue weighted by molar-refractivity contribution is -0.378. The van der Waals surface area contributed by atoms with Gasteiger partial charge < -0.3 is 30.5 Å². The minimum Gasteiger partial charge on any atom is -1.00 e.